The van der Waals surface area contributed by atoms with Crippen LogP contribution in [-0.2, 0) is 11.3 Å². The number of H-pyrrole nitrogens is 1. The SMILES string of the molecule is c1n[nH]nc1CNCCCN1CCOCC1. The minimum Gasteiger partial charge on any atom is -0.379 e. The van der Waals surface area contributed by atoms with Crippen molar-refractivity contribution in [2.24, 2.45) is 0 Å². The maximum atomic E-state index is 5.30. The van der Waals surface area contributed by atoms with Crippen molar-refractivity contribution in [2.75, 3.05) is 39.4 Å². The molecule has 2 N–H and O–H groups in total. The maximum Gasteiger partial charge on any atom is 0.0962 e. The van der Waals surface area contributed by atoms with Crippen molar-refractivity contribution in [3.8, 4) is 0 Å². The van der Waals surface area contributed by atoms with Gasteiger partial charge in [-0.1, -0.05) is 0 Å². The largest absolute Gasteiger partial charge is 0.379 e. The topological polar surface area (TPSA) is 66.1 Å². The summed E-state index contributed by atoms with van der Waals surface area (Å²) in [5, 5.41) is 13.7. The summed E-state index contributed by atoms with van der Waals surface area (Å²) in [6.45, 7) is 6.87. The number of aromatic amines is 1. The van der Waals surface area contributed by atoms with Crippen LogP contribution in [0.2, 0.25) is 0 Å². The lowest BCUT2D eigenvalue weighted by molar-refractivity contribution is 0.0374. The quantitative estimate of drug-likeness (QED) is 0.646. The fourth-order valence-corrected chi connectivity index (χ4v) is 1.78. The van der Waals surface area contributed by atoms with Crippen LogP contribution in [0.15, 0.2) is 6.20 Å². The van der Waals surface area contributed by atoms with Crippen LogP contribution < -0.4 is 5.32 Å². The van der Waals surface area contributed by atoms with Crippen molar-refractivity contribution < 1.29 is 4.74 Å². The Morgan fingerprint density at radius 3 is 3.06 bits per heavy atom. The van der Waals surface area contributed by atoms with Gasteiger partial charge in [-0.3, -0.25) is 4.90 Å². The minimum absolute atomic E-state index is 0.791. The van der Waals surface area contributed by atoms with E-state index in [4.69, 9.17) is 4.74 Å². The molecule has 0 bridgehead atoms. The second-order valence-corrected chi connectivity index (χ2v) is 3.95. The van der Waals surface area contributed by atoms with Crippen molar-refractivity contribution in [3.63, 3.8) is 0 Å². The molecule has 6 nitrogen and oxygen atoms in total. The first-order valence-corrected chi connectivity index (χ1v) is 5.80. The van der Waals surface area contributed by atoms with E-state index in [0.717, 1.165) is 58.1 Å². The van der Waals surface area contributed by atoms with Gasteiger partial charge in [0.15, 0.2) is 0 Å². The van der Waals surface area contributed by atoms with Crippen LogP contribution in [0.5, 0.6) is 0 Å². The second-order valence-electron chi connectivity index (χ2n) is 3.95. The Kier molecular flexibility index (Phi) is 4.72. The molecule has 0 radical (unpaired) electrons. The van der Waals surface area contributed by atoms with Gasteiger partial charge in [-0.2, -0.15) is 15.4 Å². The fourth-order valence-electron chi connectivity index (χ4n) is 1.78. The summed E-state index contributed by atoms with van der Waals surface area (Å²) in [4.78, 5) is 2.45. The number of nitrogens with zero attached hydrogens (tertiary/aromatic N) is 3. The highest BCUT2D eigenvalue weighted by Crippen LogP contribution is 1.97. The molecule has 90 valence electrons. The normalized spacial score (nSPS) is 17.8. The molecule has 16 heavy (non-hydrogen) atoms. The van der Waals surface area contributed by atoms with Gasteiger partial charge in [0.05, 0.1) is 25.1 Å². The summed E-state index contributed by atoms with van der Waals surface area (Å²) >= 11 is 0. The molecule has 2 rings (SSSR count). The average molecular weight is 225 g/mol. The first kappa shape index (κ1) is 11.5. The summed E-state index contributed by atoms with van der Waals surface area (Å²) in [5.41, 5.74) is 0.964. The number of nitrogens with one attached hydrogen (secondary N) is 2. The first-order valence-electron chi connectivity index (χ1n) is 5.80. The van der Waals surface area contributed by atoms with Crippen molar-refractivity contribution in [1.29, 1.82) is 0 Å². The highest BCUT2D eigenvalue weighted by molar-refractivity contribution is 4.88. The van der Waals surface area contributed by atoms with E-state index in [1.54, 1.807) is 6.20 Å². The van der Waals surface area contributed by atoms with Gasteiger partial charge in [0.25, 0.3) is 0 Å². The van der Waals surface area contributed by atoms with Crippen molar-refractivity contribution in [3.05, 3.63) is 11.9 Å². The Morgan fingerprint density at radius 1 is 1.44 bits per heavy atom. The molecule has 0 aliphatic carbocycles. The van der Waals surface area contributed by atoms with Crippen LogP contribution in [0, 0.1) is 0 Å². The van der Waals surface area contributed by atoms with Crippen LogP contribution in [0.1, 0.15) is 12.1 Å². The number of ether oxygens (including phenoxy) is 1. The van der Waals surface area contributed by atoms with Gasteiger partial charge in [-0.05, 0) is 19.5 Å². The van der Waals surface area contributed by atoms with Crippen molar-refractivity contribution in [2.45, 2.75) is 13.0 Å². The molecule has 0 unspecified atom stereocenters. The van der Waals surface area contributed by atoms with E-state index in [0.29, 0.717) is 0 Å². The zero-order valence-electron chi connectivity index (χ0n) is 9.48. The van der Waals surface area contributed by atoms with Gasteiger partial charge >= 0.3 is 0 Å². The smallest absolute Gasteiger partial charge is 0.0962 e. The number of aromatic nitrogens is 3. The van der Waals surface area contributed by atoms with E-state index in [2.05, 4.69) is 25.6 Å². The molecule has 0 saturated carbocycles. The summed E-state index contributed by atoms with van der Waals surface area (Å²) in [5.74, 6) is 0. The lowest BCUT2D eigenvalue weighted by Crippen LogP contribution is -2.37. The molecule has 1 aromatic rings. The highest BCUT2D eigenvalue weighted by atomic mass is 16.5. The average Bonchev–Trinajstić information content (AvgIpc) is 2.83. The molecule has 0 spiro atoms. The number of rotatable bonds is 6. The number of morpholine rings is 1. The maximum absolute atomic E-state index is 5.30. The van der Waals surface area contributed by atoms with E-state index in [1.807, 2.05) is 0 Å². The minimum atomic E-state index is 0.791. The zero-order valence-corrected chi connectivity index (χ0v) is 9.48. The molecule has 2 heterocycles. The van der Waals surface area contributed by atoms with Gasteiger partial charge in [-0.15, -0.1) is 0 Å². The second kappa shape index (κ2) is 6.57. The van der Waals surface area contributed by atoms with Crippen LogP contribution >= 0.6 is 0 Å². The van der Waals surface area contributed by atoms with Crippen LogP contribution in [0.3, 0.4) is 0 Å². The fraction of sp³-hybridized carbons (Fsp3) is 0.800. The van der Waals surface area contributed by atoms with E-state index in [9.17, 15) is 0 Å². The van der Waals surface area contributed by atoms with Crippen LogP contribution in [0.4, 0.5) is 0 Å². The molecule has 0 aromatic carbocycles. The van der Waals surface area contributed by atoms with Crippen LogP contribution in [0.25, 0.3) is 0 Å². The predicted octanol–water partition coefficient (Wildman–Crippen LogP) is -0.383. The van der Waals surface area contributed by atoms with Crippen LogP contribution in [-0.4, -0.2) is 59.7 Å². The Bertz CT molecular complexity index is 271. The van der Waals surface area contributed by atoms with Gasteiger partial charge in [0, 0.05) is 19.6 Å². The molecule has 6 heteroatoms. The Labute approximate surface area is 95.4 Å². The molecule has 1 saturated heterocycles. The van der Waals surface area contributed by atoms with Gasteiger partial charge in [0.2, 0.25) is 0 Å². The van der Waals surface area contributed by atoms with Gasteiger partial charge in [-0.25, -0.2) is 0 Å². The van der Waals surface area contributed by atoms with Gasteiger partial charge in [0.1, 0.15) is 0 Å². The van der Waals surface area contributed by atoms with Crippen molar-refractivity contribution >= 4 is 0 Å². The first-order chi connectivity index (χ1) is 7.95. The molecule has 1 aliphatic heterocycles. The Balaban J connectivity index is 1.48. The highest BCUT2D eigenvalue weighted by Gasteiger charge is 2.08. The van der Waals surface area contributed by atoms with E-state index < -0.39 is 0 Å². The monoisotopic (exact) mass is 225 g/mol. The van der Waals surface area contributed by atoms with E-state index in [-0.39, 0.29) is 0 Å². The number of hydrogen-bond donors (Lipinski definition) is 2. The summed E-state index contributed by atoms with van der Waals surface area (Å²) in [6, 6.07) is 0. The lowest BCUT2D eigenvalue weighted by atomic mass is 10.3. The summed E-state index contributed by atoms with van der Waals surface area (Å²) in [7, 11) is 0. The summed E-state index contributed by atoms with van der Waals surface area (Å²) in [6.07, 6.45) is 2.91. The molecular weight excluding hydrogens is 206 g/mol. The standard InChI is InChI=1S/C10H19N5O/c1(3-15-4-6-16-7-5-15)2-11-8-10-9-12-14-13-10/h9,11H,1-8H2,(H,12,13,14). The third kappa shape index (κ3) is 3.88. The Morgan fingerprint density at radius 2 is 2.31 bits per heavy atom. The van der Waals surface area contributed by atoms with Gasteiger partial charge < -0.3 is 10.1 Å². The van der Waals surface area contributed by atoms with Crippen molar-refractivity contribution in [1.82, 2.24) is 25.6 Å². The molecular formula is C10H19N5O. The molecule has 1 aliphatic rings. The molecule has 1 aromatic heterocycles. The molecule has 0 amide bonds. The third-order valence-electron chi connectivity index (χ3n) is 2.70. The molecule has 1 fully saturated rings. The Hall–Kier alpha value is -0.980. The zero-order chi connectivity index (χ0) is 11.1. The van der Waals surface area contributed by atoms with E-state index in [1.165, 1.54) is 0 Å². The lowest BCUT2D eigenvalue weighted by Gasteiger charge is -2.26. The predicted molar refractivity (Wildman–Crippen MR) is 60.0 cm³/mol. The summed E-state index contributed by atoms with van der Waals surface area (Å²) < 4.78 is 5.30. The number of hydrogen-bond acceptors (Lipinski definition) is 5. The van der Waals surface area contributed by atoms with E-state index >= 15 is 0 Å². The third-order valence-corrected chi connectivity index (χ3v) is 2.70. The molecule has 0 atom stereocenters.